The van der Waals surface area contributed by atoms with E-state index in [2.05, 4.69) is 15.3 Å². The number of benzene rings is 1. The van der Waals surface area contributed by atoms with Gasteiger partial charge in [0.05, 0.1) is 17.0 Å². The number of nitrogens with zero attached hydrogens (tertiary/aromatic N) is 3. The van der Waals surface area contributed by atoms with Gasteiger partial charge in [-0.05, 0) is 35.7 Å². The Morgan fingerprint density at radius 2 is 1.90 bits per heavy atom. The molecule has 0 fully saturated rings. The molecule has 1 aromatic carbocycles. The number of aryl methyl sites for hydroxylation is 1. The number of rotatable bonds is 5. The second-order valence-electron chi connectivity index (χ2n) is 6.48. The zero-order valence-corrected chi connectivity index (χ0v) is 16.1. The van der Waals surface area contributed by atoms with Gasteiger partial charge in [0.15, 0.2) is 0 Å². The fraction of sp³-hybridized carbons (Fsp3) is 0.250. The molecule has 3 aromatic rings. The molecule has 0 radical (unpaired) electrons. The lowest BCUT2D eigenvalue weighted by atomic mass is 9.95. The van der Waals surface area contributed by atoms with Gasteiger partial charge in [0.1, 0.15) is 17.8 Å². The predicted molar refractivity (Wildman–Crippen MR) is 104 cm³/mol. The van der Waals surface area contributed by atoms with Crippen molar-refractivity contribution in [2.24, 2.45) is 12.8 Å². The highest BCUT2D eigenvalue weighted by Gasteiger charge is 2.32. The smallest absolute Gasteiger partial charge is 0.373 e. The number of primary amides is 1. The van der Waals surface area contributed by atoms with Crippen molar-refractivity contribution in [1.29, 1.82) is 0 Å². The van der Waals surface area contributed by atoms with Gasteiger partial charge in [-0.25, -0.2) is 9.97 Å². The molecule has 3 N–H and O–H groups in total. The molecule has 2 heterocycles. The lowest BCUT2D eigenvalue weighted by molar-refractivity contribution is -0.137. The Morgan fingerprint density at radius 1 is 1.17 bits per heavy atom. The van der Waals surface area contributed by atoms with Crippen LogP contribution in [-0.4, -0.2) is 27.5 Å². The summed E-state index contributed by atoms with van der Waals surface area (Å²) in [5.41, 5.74) is 7.28. The summed E-state index contributed by atoms with van der Waals surface area (Å²) in [6.07, 6.45) is -2.65. The van der Waals surface area contributed by atoms with Crippen molar-refractivity contribution in [3.63, 3.8) is 0 Å². The van der Waals surface area contributed by atoms with Crippen LogP contribution in [0.1, 0.15) is 28.5 Å². The third-order valence-corrected chi connectivity index (χ3v) is 4.76. The monoisotopic (exact) mass is 403 g/mol. The molecule has 6 nitrogen and oxygen atoms in total. The second-order valence-corrected chi connectivity index (χ2v) is 6.48. The normalized spacial score (nSPS) is 11.5. The van der Waals surface area contributed by atoms with Gasteiger partial charge >= 0.3 is 6.18 Å². The van der Waals surface area contributed by atoms with E-state index in [9.17, 15) is 18.0 Å². The number of hydrogen-bond acceptors (Lipinski definition) is 4. The Balaban J connectivity index is 2.29. The zero-order valence-electron chi connectivity index (χ0n) is 16.1. The van der Waals surface area contributed by atoms with E-state index < -0.39 is 17.6 Å². The summed E-state index contributed by atoms with van der Waals surface area (Å²) in [5.74, 6) is -0.178. The largest absolute Gasteiger partial charge is 0.416 e. The molecule has 1 amide bonds. The van der Waals surface area contributed by atoms with Crippen molar-refractivity contribution in [2.45, 2.75) is 19.5 Å². The van der Waals surface area contributed by atoms with Crippen LogP contribution >= 0.6 is 0 Å². The van der Waals surface area contributed by atoms with Crippen LogP contribution < -0.4 is 11.1 Å². The maximum Gasteiger partial charge on any atom is 0.416 e. The van der Waals surface area contributed by atoms with E-state index in [0.717, 1.165) is 12.1 Å². The summed E-state index contributed by atoms with van der Waals surface area (Å²) in [5, 5.41) is 2.90. The molecule has 0 atom stereocenters. The first-order valence-corrected chi connectivity index (χ1v) is 8.87. The van der Waals surface area contributed by atoms with Gasteiger partial charge in [-0.1, -0.05) is 13.0 Å². The average molecular weight is 403 g/mol. The third kappa shape index (κ3) is 3.80. The summed E-state index contributed by atoms with van der Waals surface area (Å²) >= 11 is 0. The van der Waals surface area contributed by atoms with E-state index >= 15 is 0 Å². The molecular formula is C20H20F3N5O. The average Bonchev–Trinajstić information content (AvgIpc) is 3.04. The standard InChI is InChI=1S/C20H20F3N5O/c1-4-11-5-6-12(20(21,22)23)7-13(11)14-8-16(28(3)18(14)19(24)29)15-9-17(25-2)27-10-26-15/h5-10H,4H2,1-3H3,(H2,24,29)(H,25,26,27). The van der Waals surface area contributed by atoms with Crippen LogP contribution in [0.5, 0.6) is 0 Å². The van der Waals surface area contributed by atoms with Crippen molar-refractivity contribution in [1.82, 2.24) is 14.5 Å². The van der Waals surface area contributed by atoms with E-state index in [-0.39, 0.29) is 5.69 Å². The molecule has 0 aliphatic carbocycles. The fourth-order valence-electron chi connectivity index (χ4n) is 3.30. The van der Waals surface area contributed by atoms with Gasteiger partial charge in [0.25, 0.3) is 5.91 Å². The highest BCUT2D eigenvalue weighted by molar-refractivity contribution is 6.00. The highest BCUT2D eigenvalue weighted by atomic mass is 19.4. The molecule has 0 saturated carbocycles. The molecule has 0 aliphatic rings. The van der Waals surface area contributed by atoms with Crippen LogP contribution in [0.15, 0.2) is 36.7 Å². The highest BCUT2D eigenvalue weighted by Crippen LogP contribution is 2.38. The molecule has 9 heteroatoms. The minimum absolute atomic E-state index is 0.110. The maximum atomic E-state index is 13.3. The Morgan fingerprint density at radius 3 is 2.48 bits per heavy atom. The van der Waals surface area contributed by atoms with Crippen molar-refractivity contribution in [3.05, 3.63) is 53.5 Å². The predicted octanol–water partition coefficient (Wildman–Crippen LogP) is 3.87. The molecule has 2 aromatic heterocycles. The minimum atomic E-state index is -4.50. The topological polar surface area (TPSA) is 85.8 Å². The minimum Gasteiger partial charge on any atom is -0.373 e. The molecular weight excluding hydrogens is 383 g/mol. The first kappa shape index (κ1) is 20.4. The number of nitrogens with one attached hydrogen (secondary N) is 1. The summed E-state index contributed by atoms with van der Waals surface area (Å²) in [4.78, 5) is 20.5. The number of amides is 1. The van der Waals surface area contributed by atoms with Gasteiger partial charge < -0.3 is 15.6 Å². The van der Waals surface area contributed by atoms with E-state index in [4.69, 9.17) is 5.73 Å². The lowest BCUT2D eigenvalue weighted by Gasteiger charge is -2.13. The van der Waals surface area contributed by atoms with Crippen molar-refractivity contribution >= 4 is 11.7 Å². The Kier molecular flexibility index (Phi) is 5.32. The van der Waals surface area contributed by atoms with Crippen molar-refractivity contribution < 1.29 is 18.0 Å². The van der Waals surface area contributed by atoms with E-state index in [1.165, 1.54) is 12.4 Å². The first-order chi connectivity index (χ1) is 13.7. The second kappa shape index (κ2) is 7.57. The molecule has 3 rings (SSSR count). The molecule has 0 saturated heterocycles. The number of anilines is 1. The van der Waals surface area contributed by atoms with Gasteiger partial charge in [-0.15, -0.1) is 0 Å². The van der Waals surface area contributed by atoms with Gasteiger partial charge in [-0.3, -0.25) is 4.79 Å². The van der Waals surface area contributed by atoms with Crippen LogP contribution in [0.2, 0.25) is 0 Å². The summed E-state index contributed by atoms with van der Waals surface area (Å²) in [7, 11) is 3.33. The van der Waals surface area contributed by atoms with Crippen LogP contribution in [0.4, 0.5) is 19.0 Å². The zero-order chi connectivity index (χ0) is 21.3. The van der Waals surface area contributed by atoms with E-state index in [0.29, 0.717) is 40.3 Å². The summed E-state index contributed by atoms with van der Waals surface area (Å²) in [6, 6.07) is 6.84. The molecule has 0 spiro atoms. The Labute approximate surface area is 165 Å². The SMILES string of the molecule is CCc1ccc(C(F)(F)F)cc1-c1cc(-c2cc(NC)ncn2)n(C)c1C(N)=O. The first-order valence-electron chi connectivity index (χ1n) is 8.87. The van der Waals surface area contributed by atoms with E-state index in [1.807, 2.05) is 6.92 Å². The number of carbonyl (C=O) groups excluding carboxylic acids is 1. The van der Waals surface area contributed by atoms with Crippen molar-refractivity contribution in [3.8, 4) is 22.5 Å². The van der Waals surface area contributed by atoms with Gasteiger partial charge in [0, 0.05) is 25.7 Å². The van der Waals surface area contributed by atoms with E-state index in [1.54, 1.807) is 30.8 Å². The molecule has 152 valence electrons. The number of carbonyl (C=O) groups is 1. The maximum absolute atomic E-state index is 13.3. The third-order valence-electron chi connectivity index (χ3n) is 4.76. The molecule has 0 unspecified atom stereocenters. The summed E-state index contributed by atoms with van der Waals surface area (Å²) in [6.45, 7) is 1.84. The number of alkyl halides is 3. The lowest BCUT2D eigenvalue weighted by Crippen LogP contribution is -2.17. The summed E-state index contributed by atoms with van der Waals surface area (Å²) < 4.78 is 41.4. The van der Waals surface area contributed by atoms with Gasteiger partial charge in [-0.2, -0.15) is 13.2 Å². The number of nitrogens with two attached hydrogens (primary N) is 1. The van der Waals surface area contributed by atoms with Crippen molar-refractivity contribution in [2.75, 3.05) is 12.4 Å². The Hall–Kier alpha value is -3.36. The van der Waals surface area contributed by atoms with Crippen LogP contribution in [-0.2, 0) is 19.6 Å². The molecule has 0 aliphatic heterocycles. The van der Waals surface area contributed by atoms with Crippen LogP contribution in [0.25, 0.3) is 22.5 Å². The molecule has 29 heavy (non-hydrogen) atoms. The van der Waals surface area contributed by atoms with Crippen LogP contribution in [0, 0.1) is 0 Å². The van der Waals surface area contributed by atoms with Crippen LogP contribution in [0.3, 0.4) is 0 Å². The number of halogens is 3. The number of aromatic nitrogens is 3. The van der Waals surface area contributed by atoms with Gasteiger partial charge in [0.2, 0.25) is 0 Å². The molecule has 0 bridgehead atoms. The fourth-order valence-corrected chi connectivity index (χ4v) is 3.30. The number of hydrogen-bond donors (Lipinski definition) is 2. The quantitative estimate of drug-likeness (QED) is 0.677. The Bertz CT molecular complexity index is 1070.